The predicted molar refractivity (Wildman–Crippen MR) is 34.1 cm³/mol. The average molecular weight is 145 g/mol. The van der Waals surface area contributed by atoms with E-state index in [1.165, 1.54) is 0 Å². The van der Waals surface area contributed by atoms with Gasteiger partial charge in [-0.3, -0.25) is 0 Å². The van der Waals surface area contributed by atoms with Crippen molar-refractivity contribution in [1.82, 2.24) is 0 Å². The highest BCUT2D eigenvalue weighted by molar-refractivity contribution is 5.76. The van der Waals surface area contributed by atoms with Crippen molar-refractivity contribution in [3.05, 3.63) is 0 Å². The van der Waals surface area contributed by atoms with Crippen LogP contribution in [-0.4, -0.2) is 24.4 Å². The van der Waals surface area contributed by atoms with Crippen LogP contribution in [0.2, 0.25) is 0 Å². The smallest absolute Gasteiger partial charge is 0.339 e. The van der Waals surface area contributed by atoms with E-state index in [9.17, 15) is 4.79 Å². The number of carbonyl (C=O) groups is 1. The van der Waals surface area contributed by atoms with Gasteiger partial charge < -0.3 is 15.2 Å². The quantitative estimate of drug-likeness (QED) is 0.511. The van der Waals surface area contributed by atoms with Gasteiger partial charge in [0.1, 0.15) is 0 Å². The van der Waals surface area contributed by atoms with E-state index in [2.05, 4.69) is 0 Å². The Labute approximate surface area is 59.3 Å². The Bertz CT molecular complexity index is 155. The zero-order valence-corrected chi connectivity index (χ0v) is 6.09. The number of hydrogen-bond donors (Lipinski definition) is 1. The van der Waals surface area contributed by atoms with Crippen LogP contribution in [0.5, 0.6) is 0 Å². The summed E-state index contributed by atoms with van der Waals surface area (Å²) >= 11 is 0. The molecule has 0 spiro atoms. The number of carbonyl (C=O) groups excluding carboxylic acids is 1. The third kappa shape index (κ3) is 1.27. The first-order valence-electron chi connectivity index (χ1n) is 3.16. The van der Waals surface area contributed by atoms with Crippen LogP contribution in [0.4, 0.5) is 0 Å². The second-order valence-electron chi connectivity index (χ2n) is 2.66. The van der Waals surface area contributed by atoms with E-state index in [1.54, 1.807) is 13.8 Å². The average Bonchev–Trinajstić information content (AvgIpc) is 2.05. The van der Waals surface area contributed by atoms with Crippen molar-refractivity contribution in [2.45, 2.75) is 25.7 Å². The standard InChI is InChI=1S/C6H11NO3/c1-6(2)9-4(3-7)5(8)10-6/h4H,3,7H2,1-2H3. The fourth-order valence-electron chi connectivity index (χ4n) is 0.867. The van der Waals surface area contributed by atoms with Gasteiger partial charge in [-0.15, -0.1) is 0 Å². The van der Waals surface area contributed by atoms with E-state index in [1.807, 2.05) is 0 Å². The topological polar surface area (TPSA) is 61.5 Å². The number of cyclic esters (lactones) is 1. The molecule has 10 heavy (non-hydrogen) atoms. The number of esters is 1. The van der Waals surface area contributed by atoms with E-state index in [0.717, 1.165) is 0 Å². The molecule has 4 heteroatoms. The van der Waals surface area contributed by atoms with Gasteiger partial charge in [0.25, 0.3) is 0 Å². The molecule has 4 nitrogen and oxygen atoms in total. The predicted octanol–water partition coefficient (Wildman–Crippen LogP) is -0.377. The van der Waals surface area contributed by atoms with Crippen LogP contribution in [-0.2, 0) is 14.3 Å². The maximum absolute atomic E-state index is 10.8. The van der Waals surface area contributed by atoms with Gasteiger partial charge in [0, 0.05) is 20.4 Å². The first-order chi connectivity index (χ1) is 4.55. The molecule has 0 aromatic carbocycles. The van der Waals surface area contributed by atoms with Gasteiger partial charge in [-0.25, -0.2) is 4.79 Å². The summed E-state index contributed by atoms with van der Waals surface area (Å²) in [5, 5.41) is 0. The van der Waals surface area contributed by atoms with Crippen molar-refractivity contribution < 1.29 is 14.3 Å². The minimum atomic E-state index is -0.791. The molecule has 1 fully saturated rings. The fraction of sp³-hybridized carbons (Fsp3) is 0.833. The molecule has 0 bridgehead atoms. The zero-order valence-electron chi connectivity index (χ0n) is 6.09. The molecule has 1 rings (SSSR count). The van der Waals surface area contributed by atoms with Crippen molar-refractivity contribution >= 4 is 5.97 Å². The van der Waals surface area contributed by atoms with E-state index in [0.29, 0.717) is 0 Å². The van der Waals surface area contributed by atoms with Crippen molar-refractivity contribution in [1.29, 1.82) is 0 Å². The Morgan fingerprint density at radius 1 is 1.70 bits per heavy atom. The molecule has 1 heterocycles. The molecule has 58 valence electrons. The minimum absolute atomic E-state index is 0.183. The van der Waals surface area contributed by atoms with Crippen molar-refractivity contribution in [2.24, 2.45) is 5.73 Å². The Morgan fingerprint density at radius 3 is 2.50 bits per heavy atom. The van der Waals surface area contributed by atoms with Crippen molar-refractivity contribution in [3.8, 4) is 0 Å². The Balaban J connectivity index is 2.61. The van der Waals surface area contributed by atoms with Crippen molar-refractivity contribution in [2.75, 3.05) is 6.54 Å². The van der Waals surface area contributed by atoms with Gasteiger partial charge in [0.05, 0.1) is 0 Å². The largest absolute Gasteiger partial charge is 0.432 e. The van der Waals surface area contributed by atoms with Gasteiger partial charge in [0.15, 0.2) is 6.10 Å². The van der Waals surface area contributed by atoms with E-state index >= 15 is 0 Å². The summed E-state index contributed by atoms with van der Waals surface area (Å²) in [5.41, 5.74) is 5.22. The SMILES string of the molecule is CC1(C)OC(=O)C(CN)O1. The van der Waals surface area contributed by atoms with Gasteiger partial charge in [-0.1, -0.05) is 0 Å². The van der Waals surface area contributed by atoms with E-state index < -0.39 is 11.9 Å². The van der Waals surface area contributed by atoms with Gasteiger partial charge in [-0.2, -0.15) is 0 Å². The monoisotopic (exact) mass is 145 g/mol. The summed E-state index contributed by atoms with van der Waals surface area (Å²) in [7, 11) is 0. The third-order valence-corrected chi connectivity index (χ3v) is 1.25. The Hall–Kier alpha value is -0.610. The first-order valence-corrected chi connectivity index (χ1v) is 3.16. The summed E-state index contributed by atoms with van der Waals surface area (Å²) in [5.74, 6) is -1.16. The van der Waals surface area contributed by atoms with Gasteiger partial charge >= 0.3 is 5.97 Å². The molecule has 1 aliphatic heterocycles. The molecule has 1 aliphatic rings. The van der Waals surface area contributed by atoms with Gasteiger partial charge in [-0.05, 0) is 0 Å². The minimum Gasteiger partial charge on any atom is -0.432 e. The maximum atomic E-state index is 10.8. The number of nitrogens with two attached hydrogens (primary N) is 1. The fourth-order valence-corrected chi connectivity index (χ4v) is 0.867. The maximum Gasteiger partial charge on any atom is 0.339 e. The molecule has 0 aromatic heterocycles. The molecule has 2 N–H and O–H groups in total. The molecule has 1 saturated heterocycles. The van der Waals surface area contributed by atoms with Crippen LogP contribution < -0.4 is 5.73 Å². The summed E-state index contributed by atoms with van der Waals surface area (Å²) in [4.78, 5) is 10.8. The van der Waals surface area contributed by atoms with Crippen LogP contribution in [0.25, 0.3) is 0 Å². The number of rotatable bonds is 1. The van der Waals surface area contributed by atoms with Crippen LogP contribution in [0.15, 0.2) is 0 Å². The first kappa shape index (κ1) is 7.50. The summed E-state index contributed by atoms with van der Waals surface area (Å²) in [6.07, 6.45) is -0.574. The van der Waals surface area contributed by atoms with Crippen LogP contribution in [0.1, 0.15) is 13.8 Å². The second kappa shape index (κ2) is 2.21. The molecule has 1 atom stereocenters. The molecule has 0 aromatic rings. The normalized spacial score (nSPS) is 30.3. The lowest BCUT2D eigenvalue weighted by Crippen LogP contribution is -2.27. The lowest BCUT2D eigenvalue weighted by atomic mass is 10.4. The molecular weight excluding hydrogens is 134 g/mol. The zero-order chi connectivity index (χ0) is 7.78. The lowest BCUT2D eigenvalue weighted by molar-refractivity contribution is -0.160. The highest BCUT2D eigenvalue weighted by Gasteiger charge is 2.39. The summed E-state index contributed by atoms with van der Waals surface area (Å²) < 4.78 is 9.92. The van der Waals surface area contributed by atoms with E-state index in [4.69, 9.17) is 15.2 Å². The third-order valence-electron chi connectivity index (χ3n) is 1.25. The van der Waals surface area contributed by atoms with Crippen LogP contribution >= 0.6 is 0 Å². The Morgan fingerprint density at radius 2 is 2.30 bits per heavy atom. The Kier molecular flexibility index (Phi) is 1.66. The van der Waals surface area contributed by atoms with E-state index in [-0.39, 0.29) is 12.5 Å². The molecule has 0 radical (unpaired) electrons. The van der Waals surface area contributed by atoms with Crippen molar-refractivity contribution in [3.63, 3.8) is 0 Å². The highest BCUT2D eigenvalue weighted by atomic mass is 16.8. The second-order valence-corrected chi connectivity index (χ2v) is 2.66. The van der Waals surface area contributed by atoms with Crippen LogP contribution in [0.3, 0.4) is 0 Å². The molecule has 0 aliphatic carbocycles. The molecule has 0 saturated carbocycles. The number of hydrogen-bond acceptors (Lipinski definition) is 4. The molecule has 0 amide bonds. The van der Waals surface area contributed by atoms with Gasteiger partial charge in [0.2, 0.25) is 5.79 Å². The summed E-state index contributed by atoms with van der Waals surface area (Å²) in [6, 6.07) is 0. The summed E-state index contributed by atoms with van der Waals surface area (Å²) in [6.45, 7) is 3.55. The number of ether oxygens (including phenoxy) is 2. The highest BCUT2D eigenvalue weighted by Crippen LogP contribution is 2.22. The van der Waals surface area contributed by atoms with Crippen LogP contribution in [0, 0.1) is 0 Å². The molecule has 1 unspecified atom stereocenters. The lowest BCUT2D eigenvalue weighted by Gasteiger charge is -2.14. The molecular formula is C6H11NO3.